The minimum absolute atomic E-state index is 0.0190. The molecule has 3 rings (SSSR count). The van der Waals surface area contributed by atoms with Gasteiger partial charge in [-0.3, -0.25) is 14.5 Å². The van der Waals surface area contributed by atoms with Gasteiger partial charge >= 0.3 is 6.18 Å². The lowest BCUT2D eigenvalue weighted by molar-refractivity contribution is -0.137. The van der Waals surface area contributed by atoms with Crippen molar-refractivity contribution in [1.29, 1.82) is 0 Å². The van der Waals surface area contributed by atoms with E-state index in [0.29, 0.717) is 31.8 Å². The fourth-order valence-corrected chi connectivity index (χ4v) is 6.93. The molecule has 7 nitrogen and oxygen atoms in total. The van der Waals surface area contributed by atoms with Crippen LogP contribution < -0.4 is 5.32 Å². The number of amides is 2. The Kier molecular flexibility index (Phi) is 8.75. The number of carbonyl (C=O) groups excluding carboxylic acids is 2. The molecule has 1 aromatic rings. The van der Waals surface area contributed by atoms with E-state index in [-0.39, 0.29) is 35.2 Å². The molecule has 1 aliphatic heterocycles. The predicted molar refractivity (Wildman–Crippen MR) is 131 cm³/mol. The van der Waals surface area contributed by atoms with E-state index in [1.165, 1.54) is 12.3 Å². The highest BCUT2D eigenvalue weighted by Gasteiger charge is 2.44. The highest BCUT2D eigenvalue weighted by molar-refractivity contribution is 7.90. The lowest BCUT2D eigenvalue weighted by Crippen LogP contribution is -2.53. The zero-order valence-corrected chi connectivity index (χ0v) is 22.0. The maximum absolute atomic E-state index is 13.3. The summed E-state index contributed by atoms with van der Waals surface area (Å²) in [6.07, 6.45) is -0.892. The number of nitrogens with one attached hydrogen (secondary N) is 1. The third-order valence-corrected chi connectivity index (χ3v) is 8.36. The van der Waals surface area contributed by atoms with Crippen LogP contribution in [-0.2, 0) is 20.8 Å². The van der Waals surface area contributed by atoms with E-state index in [1.807, 2.05) is 0 Å². The second-order valence-corrected chi connectivity index (χ2v) is 12.4. The van der Waals surface area contributed by atoms with Crippen molar-refractivity contribution >= 4 is 21.7 Å². The lowest BCUT2D eigenvalue weighted by atomic mass is 9.80. The van der Waals surface area contributed by atoms with Crippen LogP contribution in [0.5, 0.6) is 0 Å². The molecule has 1 aromatic carbocycles. The summed E-state index contributed by atoms with van der Waals surface area (Å²) >= 11 is 0. The molecule has 1 saturated heterocycles. The van der Waals surface area contributed by atoms with Gasteiger partial charge in [0.2, 0.25) is 5.91 Å². The van der Waals surface area contributed by atoms with E-state index in [0.717, 1.165) is 31.2 Å². The molecule has 1 aliphatic carbocycles. The summed E-state index contributed by atoms with van der Waals surface area (Å²) in [5.41, 5.74) is -1.10. The van der Waals surface area contributed by atoms with E-state index >= 15 is 0 Å². The topological polar surface area (TPSA) is 86.8 Å². The Bertz CT molecular complexity index is 1060. The summed E-state index contributed by atoms with van der Waals surface area (Å²) < 4.78 is 63.5. The van der Waals surface area contributed by atoms with Crippen molar-refractivity contribution < 1.29 is 31.2 Å². The third-order valence-electron chi connectivity index (χ3n) is 7.33. The van der Waals surface area contributed by atoms with Gasteiger partial charge < -0.3 is 10.2 Å². The van der Waals surface area contributed by atoms with Crippen molar-refractivity contribution in [1.82, 2.24) is 15.1 Å². The number of alkyl halides is 3. The Labute approximate surface area is 211 Å². The lowest BCUT2D eigenvalue weighted by Gasteiger charge is -2.45. The number of carbonyl (C=O) groups is 2. The molecule has 0 aromatic heterocycles. The molecule has 11 heteroatoms. The highest BCUT2D eigenvalue weighted by Crippen LogP contribution is 2.35. The van der Waals surface area contributed by atoms with Gasteiger partial charge in [0.25, 0.3) is 5.91 Å². The Morgan fingerprint density at radius 1 is 1.22 bits per heavy atom. The zero-order chi connectivity index (χ0) is 26.8. The molecule has 2 fully saturated rings. The Balaban J connectivity index is 1.73. The average molecular weight is 532 g/mol. The van der Waals surface area contributed by atoms with Gasteiger partial charge in [-0.25, -0.2) is 8.42 Å². The first-order valence-electron chi connectivity index (χ1n) is 12.4. The standard InChI is InChI=1S/C25H36F3N3O4S/c1-5-30(16(2)3)20-9-10-22(18(14-20)15-36(4,34)35)31-12-11-21(24(31)33)29-23(32)17-7-6-8-19(13-17)25(26,27)28/h6-8,13,16,18,20-22H,5,9-12,14-15H2,1-4H3,(H,29,32)/t18-,20+,21-,22-/m0/s1. The van der Waals surface area contributed by atoms with Gasteiger partial charge in [0.05, 0.1) is 11.3 Å². The second-order valence-electron chi connectivity index (χ2n) is 10.2. The maximum Gasteiger partial charge on any atom is 0.416 e. The molecule has 0 unspecified atom stereocenters. The fraction of sp³-hybridized carbons (Fsp3) is 0.680. The van der Waals surface area contributed by atoms with Crippen LogP contribution in [0.3, 0.4) is 0 Å². The van der Waals surface area contributed by atoms with Crippen molar-refractivity contribution in [2.75, 3.05) is 25.1 Å². The van der Waals surface area contributed by atoms with Crippen LogP contribution in [0.4, 0.5) is 13.2 Å². The number of likely N-dealkylation sites (tertiary alicyclic amines) is 1. The summed E-state index contributed by atoms with van der Waals surface area (Å²) in [7, 11) is -3.28. The molecule has 2 amide bonds. The van der Waals surface area contributed by atoms with Gasteiger partial charge in [0, 0.05) is 36.5 Å². The van der Waals surface area contributed by atoms with Gasteiger partial charge in [-0.2, -0.15) is 13.2 Å². The minimum atomic E-state index is -4.58. The van der Waals surface area contributed by atoms with Gasteiger partial charge in [-0.1, -0.05) is 13.0 Å². The number of halogens is 3. The maximum atomic E-state index is 13.3. The van der Waals surface area contributed by atoms with E-state index in [2.05, 4.69) is 31.0 Å². The van der Waals surface area contributed by atoms with Gasteiger partial charge in [-0.15, -0.1) is 0 Å². The van der Waals surface area contributed by atoms with Gasteiger partial charge in [0.1, 0.15) is 15.9 Å². The van der Waals surface area contributed by atoms with Gasteiger partial charge in [0.15, 0.2) is 0 Å². The van der Waals surface area contributed by atoms with E-state index < -0.39 is 33.5 Å². The molecule has 1 heterocycles. The summed E-state index contributed by atoms with van der Waals surface area (Å²) in [6, 6.07) is 3.52. The number of nitrogens with zero attached hydrogens (tertiary/aromatic N) is 2. The van der Waals surface area contributed by atoms with Crippen LogP contribution in [0.1, 0.15) is 62.4 Å². The summed E-state index contributed by atoms with van der Waals surface area (Å²) in [5, 5.41) is 2.58. The Morgan fingerprint density at radius 3 is 2.50 bits per heavy atom. The number of sulfone groups is 1. The van der Waals surface area contributed by atoms with E-state index in [9.17, 15) is 31.2 Å². The smallest absolute Gasteiger partial charge is 0.340 e. The molecule has 1 N–H and O–H groups in total. The number of benzene rings is 1. The molecule has 0 spiro atoms. The van der Waals surface area contributed by atoms with Crippen LogP contribution in [0, 0.1) is 5.92 Å². The van der Waals surface area contributed by atoms with Crippen LogP contribution in [0.15, 0.2) is 24.3 Å². The summed E-state index contributed by atoms with van der Waals surface area (Å²) in [6.45, 7) is 7.53. The first kappa shape index (κ1) is 28.4. The first-order valence-corrected chi connectivity index (χ1v) is 14.5. The van der Waals surface area contributed by atoms with Crippen molar-refractivity contribution in [3.8, 4) is 0 Å². The molecule has 202 valence electrons. The fourth-order valence-electron chi connectivity index (χ4n) is 5.79. The molecule has 0 bridgehead atoms. The zero-order valence-electron chi connectivity index (χ0n) is 21.2. The molecular formula is C25H36F3N3O4S. The molecule has 36 heavy (non-hydrogen) atoms. The molecule has 2 aliphatic rings. The largest absolute Gasteiger partial charge is 0.416 e. The van der Waals surface area contributed by atoms with Crippen molar-refractivity contribution in [3.63, 3.8) is 0 Å². The summed E-state index contributed by atoms with van der Waals surface area (Å²) in [5.74, 6) is -1.30. The molecule has 4 atom stereocenters. The van der Waals surface area contributed by atoms with Crippen LogP contribution >= 0.6 is 0 Å². The SMILES string of the molecule is CCN(C(C)C)[C@@H]1CC[C@H](N2CC[C@H](NC(=O)c3cccc(C(F)(F)F)c3)C2=O)[C@H](CS(C)(=O)=O)C1. The minimum Gasteiger partial charge on any atom is -0.340 e. The van der Waals surface area contributed by atoms with Crippen LogP contribution in [-0.4, -0.2) is 79.3 Å². The first-order chi connectivity index (χ1) is 16.7. The van der Waals surface area contributed by atoms with Crippen LogP contribution in [0.2, 0.25) is 0 Å². The second kappa shape index (κ2) is 11.1. The van der Waals surface area contributed by atoms with Crippen molar-refractivity contribution in [3.05, 3.63) is 35.4 Å². The molecule has 1 saturated carbocycles. The number of rotatable bonds is 8. The van der Waals surface area contributed by atoms with Crippen molar-refractivity contribution in [2.45, 2.75) is 76.8 Å². The Morgan fingerprint density at radius 2 is 1.92 bits per heavy atom. The molecule has 0 radical (unpaired) electrons. The third kappa shape index (κ3) is 6.79. The van der Waals surface area contributed by atoms with Crippen LogP contribution in [0.25, 0.3) is 0 Å². The highest BCUT2D eigenvalue weighted by atomic mass is 32.2. The Hall–Kier alpha value is -2.14. The van der Waals surface area contributed by atoms with Crippen molar-refractivity contribution in [2.24, 2.45) is 5.92 Å². The molecular weight excluding hydrogens is 495 g/mol. The van der Waals surface area contributed by atoms with E-state index in [4.69, 9.17) is 0 Å². The predicted octanol–water partition coefficient (Wildman–Crippen LogP) is 3.35. The van der Waals surface area contributed by atoms with Gasteiger partial charge in [-0.05, 0) is 70.2 Å². The average Bonchev–Trinajstić information content (AvgIpc) is 3.12. The normalized spacial score (nSPS) is 25.6. The van der Waals surface area contributed by atoms with E-state index in [1.54, 1.807) is 4.90 Å². The number of hydrogen-bond donors (Lipinski definition) is 1. The summed E-state index contributed by atoms with van der Waals surface area (Å²) in [4.78, 5) is 29.9. The monoisotopic (exact) mass is 531 g/mol. The number of hydrogen-bond acceptors (Lipinski definition) is 5. The quantitative estimate of drug-likeness (QED) is 0.556.